The lowest BCUT2D eigenvalue weighted by Gasteiger charge is -2.60. The van der Waals surface area contributed by atoms with Crippen molar-refractivity contribution in [2.24, 2.45) is 47.3 Å². The lowest BCUT2D eigenvalue weighted by molar-refractivity contribution is -0.213. The van der Waals surface area contributed by atoms with Gasteiger partial charge in [-0.3, -0.25) is 0 Å². The molecule has 90 heavy (non-hydrogen) atoms. The standard InChI is InChI=1S/C18H25F3O2.C18H28O2.C14H24O2.C13H19F3O2.C11H18O2/c1-3-4-5-17(23-16(22)11(2)18(19,20)21)14-7-12-6-13(9-14)10-15(17)8-12;1-4-5-6-18(20-17(19)12(2)3)15-8-13-7-14(10-15)11-16(18)9-13;1-4-14(16-13(15)12(2)3)10-8-6-5-7-9-11-14;1-3-4-7-12(8-5-6-9-12)18-11(17)10(2)13(14,15)16;1-4-11(7-5-6-8-11)13-10(12)9(2)3/h12-15H,2-10H2,1H3;13-16H,2,4-11H2,1,3H3;2,4-11H2,1,3H3;2-9H2,1H3;2,4-8H2,1,3H3. The molecule has 0 N–H and O–H groups in total. The van der Waals surface area contributed by atoms with Crippen LogP contribution in [0.2, 0.25) is 0 Å². The fourth-order valence-corrected chi connectivity index (χ4v) is 17.2. The zero-order valence-corrected chi connectivity index (χ0v) is 56.5. The predicted octanol–water partition coefficient (Wildman–Crippen LogP) is 20.5. The van der Waals surface area contributed by atoms with Crippen LogP contribution in [0.15, 0.2) is 60.8 Å². The SMILES string of the molecule is C=C(C(=O)OC1(CCCC)C2CC3CC(C2)CC1C3)C(F)(F)F.C=C(C(=O)OC1(CCCC)CCCC1)C(F)(F)F.C=C(C)C(=O)OC1(CC)CCCC1.C=C(C)C(=O)OC1(CC)CCCCCCC1.C=C(C)C(=O)OC1(CCCC)C2CC3CC(C2)CC1C3. The van der Waals surface area contributed by atoms with Gasteiger partial charge in [0, 0.05) is 16.7 Å². The Labute approximate surface area is 536 Å². The van der Waals surface area contributed by atoms with Crippen LogP contribution in [-0.2, 0) is 47.7 Å². The molecular formula is C74H114F6O10. The quantitative estimate of drug-likeness (QED) is 0.0474. The molecule has 0 unspecified atom stereocenters. The van der Waals surface area contributed by atoms with E-state index in [4.69, 9.17) is 23.7 Å². The summed E-state index contributed by atoms with van der Waals surface area (Å²) in [5.41, 5.74) is -3.14. The van der Waals surface area contributed by atoms with Gasteiger partial charge in [0.25, 0.3) is 0 Å². The maximum absolute atomic E-state index is 12.8. The molecule has 10 nitrogen and oxygen atoms in total. The van der Waals surface area contributed by atoms with Gasteiger partial charge in [0.05, 0.1) is 0 Å². The molecule has 512 valence electrons. The van der Waals surface area contributed by atoms with Crippen LogP contribution in [0.3, 0.4) is 0 Å². The summed E-state index contributed by atoms with van der Waals surface area (Å²) in [6.45, 7) is 32.4. The Hall–Kier alpha value is -4.37. The summed E-state index contributed by atoms with van der Waals surface area (Å²) in [5.74, 6) is 1.69. The van der Waals surface area contributed by atoms with E-state index in [1.165, 1.54) is 96.3 Å². The number of carbonyl (C=O) groups excluding carboxylic acids is 5. The maximum Gasteiger partial charge on any atom is 0.422 e. The highest BCUT2D eigenvalue weighted by Crippen LogP contribution is 2.63. The van der Waals surface area contributed by atoms with Crippen LogP contribution in [0.25, 0.3) is 0 Å². The lowest BCUT2D eigenvalue weighted by Crippen LogP contribution is -2.59. The van der Waals surface area contributed by atoms with Crippen molar-refractivity contribution in [3.63, 3.8) is 0 Å². The number of rotatable bonds is 21. The molecule has 11 saturated carbocycles. The molecular weight excluding hydrogens is 1160 g/mol. The van der Waals surface area contributed by atoms with Crippen molar-refractivity contribution in [3.05, 3.63) is 60.8 Å². The molecule has 0 aliphatic heterocycles. The first-order chi connectivity index (χ1) is 42.3. The number of ether oxygens (including phenoxy) is 5. The molecule has 0 heterocycles. The fraction of sp³-hybridized carbons (Fsp3) is 0.797. The van der Waals surface area contributed by atoms with Crippen LogP contribution in [0.4, 0.5) is 26.3 Å². The minimum atomic E-state index is -4.71. The molecule has 11 fully saturated rings. The molecule has 16 heteroatoms. The Bertz CT molecular complexity index is 2390. The van der Waals surface area contributed by atoms with Gasteiger partial charge in [-0.25, -0.2) is 24.0 Å². The average Bonchev–Trinajstić information content (AvgIpc) is 0.847. The third-order valence-electron chi connectivity index (χ3n) is 22.2. The second-order valence-corrected chi connectivity index (χ2v) is 29.0. The van der Waals surface area contributed by atoms with Crippen molar-refractivity contribution < 1.29 is 74.0 Å². The summed E-state index contributed by atoms with van der Waals surface area (Å²) in [4.78, 5) is 58.8. The number of esters is 5. The molecule has 8 bridgehead atoms. The summed E-state index contributed by atoms with van der Waals surface area (Å²) < 4.78 is 103. The Morgan fingerprint density at radius 3 is 0.889 bits per heavy atom. The van der Waals surface area contributed by atoms with Gasteiger partial charge in [-0.2, -0.15) is 26.3 Å². The van der Waals surface area contributed by atoms with E-state index in [2.05, 4.69) is 60.6 Å². The van der Waals surface area contributed by atoms with Gasteiger partial charge in [-0.15, -0.1) is 0 Å². The van der Waals surface area contributed by atoms with Gasteiger partial charge < -0.3 is 23.7 Å². The molecule has 0 saturated heterocycles. The highest BCUT2D eigenvalue weighted by atomic mass is 19.4. The largest absolute Gasteiger partial charge is 0.456 e. The second kappa shape index (κ2) is 33.6. The van der Waals surface area contributed by atoms with Crippen LogP contribution in [-0.4, -0.2) is 70.2 Å². The van der Waals surface area contributed by atoms with Crippen LogP contribution in [0.5, 0.6) is 0 Å². The van der Waals surface area contributed by atoms with Gasteiger partial charge in [0.15, 0.2) is 0 Å². The van der Waals surface area contributed by atoms with Gasteiger partial charge in [0.1, 0.15) is 39.2 Å². The van der Waals surface area contributed by atoms with E-state index in [9.17, 15) is 50.3 Å². The average molecular weight is 1280 g/mol. The van der Waals surface area contributed by atoms with Crippen molar-refractivity contribution in [2.45, 2.75) is 327 Å². The topological polar surface area (TPSA) is 132 Å². The molecule has 0 radical (unpaired) electrons. The first-order valence-electron chi connectivity index (χ1n) is 35.0. The Morgan fingerprint density at radius 2 is 0.600 bits per heavy atom. The first kappa shape index (κ1) is 76.3. The molecule has 0 aromatic carbocycles. The third-order valence-corrected chi connectivity index (χ3v) is 22.2. The monoisotopic (exact) mass is 1280 g/mol. The normalized spacial score (nSPS) is 29.4. The lowest BCUT2D eigenvalue weighted by atomic mass is 9.49. The summed E-state index contributed by atoms with van der Waals surface area (Å²) in [6.07, 6.45) is 28.4. The van der Waals surface area contributed by atoms with Crippen LogP contribution in [0, 0.1) is 47.3 Å². The number of alkyl halides is 6. The van der Waals surface area contributed by atoms with Crippen molar-refractivity contribution in [3.8, 4) is 0 Å². The number of halogens is 6. The van der Waals surface area contributed by atoms with E-state index in [0.29, 0.717) is 66.1 Å². The fourth-order valence-electron chi connectivity index (χ4n) is 17.2. The number of hydrogen-bond acceptors (Lipinski definition) is 10. The summed E-state index contributed by atoms with van der Waals surface area (Å²) in [6, 6.07) is 0. The van der Waals surface area contributed by atoms with E-state index in [1.54, 1.807) is 20.8 Å². The zero-order valence-electron chi connectivity index (χ0n) is 56.5. The summed E-state index contributed by atoms with van der Waals surface area (Å²) in [7, 11) is 0. The van der Waals surface area contributed by atoms with E-state index in [1.807, 2.05) is 6.92 Å². The van der Waals surface area contributed by atoms with Crippen LogP contribution < -0.4 is 0 Å². The van der Waals surface area contributed by atoms with Gasteiger partial charge in [-0.05, 0) is 261 Å². The van der Waals surface area contributed by atoms with Crippen LogP contribution >= 0.6 is 0 Å². The van der Waals surface area contributed by atoms with Gasteiger partial charge in [0.2, 0.25) is 0 Å². The highest BCUT2D eigenvalue weighted by Gasteiger charge is 2.61. The minimum absolute atomic E-state index is 0.153. The molecule has 11 aliphatic carbocycles. The van der Waals surface area contributed by atoms with E-state index < -0.39 is 46.6 Å². The van der Waals surface area contributed by atoms with Crippen LogP contribution in [0.1, 0.15) is 287 Å². The number of carbonyl (C=O) groups is 5. The Morgan fingerprint density at radius 1 is 0.356 bits per heavy atom. The van der Waals surface area contributed by atoms with Crippen molar-refractivity contribution >= 4 is 29.8 Å². The van der Waals surface area contributed by atoms with E-state index in [0.717, 1.165) is 121 Å². The van der Waals surface area contributed by atoms with E-state index >= 15 is 0 Å². The molecule has 0 atom stereocenters. The van der Waals surface area contributed by atoms with Crippen molar-refractivity contribution in [1.29, 1.82) is 0 Å². The Kier molecular flexibility index (Phi) is 28.5. The highest BCUT2D eigenvalue weighted by molar-refractivity contribution is 5.90. The third kappa shape index (κ3) is 20.3. The molecule has 0 aromatic rings. The molecule has 0 aromatic heterocycles. The van der Waals surface area contributed by atoms with Crippen molar-refractivity contribution in [2.75, 3.05) is 0 Å². The zero-order chi connectivity index (χ0) is 66.9. The van der Waals surface area contributed by atoms with Crippen molar-refractivity contribution in [1.82, 2.24) is 0 Å². The molecule has 11 aliphatic rings. The number of hydrogen-bond donors (Lipinski definition) is 0. The number of unbranched alkanes of at least 4 members (excludes halogenated alkanes) is 3. The second-order valence-electron chi connectivity index (χ2n) is 29.0. The van der Waals surface area contributed by atoms with Gasteiger partial charge in [-0.1, -0.05) is 106 Å². The molecule has 11 rings (SSSR count). The van der Waals surface area contributed by atoms with Gasteiger partial charge >= 0.3 is 42.2 Å². The summed E-state index contributed by atoms with van der Waals surface area (Å²) in [5, 5.41) is 0. The first-order valence-corrected chi connectivity index (χ1v) is 35.0. The smallest absolute Gasteiger partial charge is 0.422 e. The van der Waals surface area contributed by atoms with E-state index in [-0.39, 0.29) is 46.5 Å². The molecule has 0 spiro atoms. The predicted molar refractivity (Wildman–Crippen MR) is 341 cm³/mol. The summed E-state index contributed by atoms with van der Waals surface area (Å²) >= 11 is 0. The maximum atomic E-state index is 12.8. The Balaban J connectivity index is 0.000000207. The molecule has 0 amide bonds. The minimum Gasteiger partial charge on any atom is -0.456 e.